The number of carbonyl (C=O) groups is 2. The number of nitrogens with one attached hydrogen (secondary N) is 1. The molecule has 1 aliphatic heterocycles. The lowest BCUT2D eigenvalue weighted by Crippen LogP contribution is -2.49. The summed E-state index contributed by atoms with van der Waals surface area (Å²) in [7, 11) is -3.52. The first kappa shape index (κ1) is 17.9. The van der Waals surface area contributed by atoms with E-state index < -0.39 is 21.3 Å². The minimum atomic E-state index is -3.52. The monoisotopic (exact) mass is 318 g/mol. The van der Waals surface area contributed by atoms with Crippen LogP contribution in [-0.2, 0) is 19.6 Å². The maximum Gasteiger partial charge on any atom is 0.236 e. The molecule has 122 valence electrons. The number of rotatable bonds is 4. The van der Waals surface area contributed by atoms with Crippen LogP contribution in [0.4, 0.5) is 0 Å². The first-order chi connectivity index (χ1) is 9.45. The molecular weight excluding hydrogens is 292 g/mol. The van der Waals surface area contributed by atoms with Crippen molar-refractivity contribution in [1.82, 2.24) is 9.62 Å². The fourth-order valence-electron chi connectivity index (χ4n) is 2.27. The van der Waals surface area contributed by atoms with Gasteiger partial charge in [0.15, 0.2) is 0 Å². The van der Waals surface area contributed by atoms with Gasteiger partial charge in [-0.05, 0) is 18.8 Å². The molecule has 1 N–H and O–H groups in total. The molecule has 0 unspecified atom stereocenters. The highest BCUT2D eigenvalue weighted by Gasteiger charge is 2.37. The second-order valence-corrected chi connectivity index (χ2v) is 8.43. The third kappa shape index (κ3) is 4.69. The second-order valence-electron chi connectivity index (χ2n) is 6.68. The Balaban J connectivity index is 2.60. The lowest BCUT2D eigenvalue weighted by molar-refractivity contribution is -0.145. The Labute approximate surface area is 127 Å². The van der Waals surface area contributed by atoms with E-state index in [1.165, 1.54) is 0 Å². The zero-order valence-electron chi connectivity index (χ0n) is 13.5. The molecule has 0 spiro atoms. The van der Waals surface area contributed by atoms with Crippen molar-refractivity contribution in [3.8, 4) is 0 Å². The Hall–Kier alpha value is -1.11. The molecule has 1 aliphatic rings. The summed E-state index contributed by atoms with van der Waals surface area (Å²) in [6, 6.07) is 0. The van der Waals surface area contributed by atoms with Crippen LogP contribution < -0.4 is 4.72 Å². The van der Waals surface area contributed by atoms with E-state index in [1.807, 2.05) is 32.4 Å². The average Bonchev–Trinajstić information content (AvgIpc) is 2.35. The van der Waals surface area contributed by atoms with E-state index in [1.54, 1.807) is 4.90 Å². The number of likely N-dealkylation sites (tertiary alicyclic amines) is 1. The lowest BCUT2D eigenvalue weighted by Gasteiger charge is -2.38. The summed E-state index contributed by atoms with van der Waals surface area (Å²) in [5, 5.41) is 0. The molecule has 0 radical (unpaired) electrons. The maximum absolute atomic E-state index is 12.5. The van der Waals surface area contributed by atoms with Gasteiger partial charge in [-0.3, -0.25) is 14.3 Å². The second kappa shape index (κ2) is 6.34. The summed E-state index contributed by atoms with van der Waals surface area (Å²) < 4.78 is 24.1. The van der Waals surface area contributed by atoms with Crippen LogP contribution in [0.1, 0.15) is 40.5 Å². The molecular formula is C14H26N2O4S. The number of hydrogen-bond donors (Lipinski definition) is 1. The van der Waals surface area contributed by atoms with E-state index in [2.05, 4.69) is 0 Å². The molecule has 0 aromatic rings. The smallest absolute Gasteiger partial charge is 0.236 e. The van der Waals surface area contributed by atoms with E-state index in [0.29, 0.717) is 25.9 Å². The van der Waals surface area contributed by atoms with Gasteiger partial charge in [0.2, 0.25) is 21.8 Å². The SMILES string of the molecule is CC(C)C(C)(C)C(=O)N1CCC(C(=O)NS(C)(=O)=O)CC1. The summed E-state index contributed by atoms with van der Waals surface area (Å²) in [6.45, 7) is 8.90. The van der Waals surface area contributed by atoms with Gasteiger partial charge in [0.05, 0.1) is 6.26 Å². The van der Waals surface area contributed by atoms with Crippen molar-refractivity contribution < 1.29 is 18.0 Å². The van der Waals surface area contributed by atoms with Crippen LogP contribution in [0.15, 0.2) is 0 Å². The van der Waals surface area contributed by atoms with Crippen LogP contribution in [0.25, 0.3) is 0 Å². The summed E-state index contributed by atoms with van der Waals surface area (Å²) >= 11 is 0. The van der Waals surface area contributed by atoms with E-state index in [9.17, 15) is 18.0 Å². The van der Waals surface area contributed by atoms with Crippen molar-refractivity contribution in [2.75, 3.05) is 19.3 Å². The van der Waals surface area contributed by atoms with Crippen molar-refractivity contribution in [2.24, 2.45) is 17.3 Å². The van der Waals surface area contributed by atoms with E-state index in [-0.39, 0.29) is 17.7 Å². The largest absolute Gasteiger partial charge is 0.342 e. The topological polar surface area (TPSA) is 83.6 Å². The normalized spacial score (nSPS) is 17.9. The number of piperidine rings is 1. The summed E-state index contributed by atoms with van der Waals surface area (Å²) in [5.41, 5.74) is -0.429. The van der Waals surface area contributed by atoms with E-state index in [4.69, 9.17) is 0 Å². The molecule has 0 bridgehead atoms. The molecule has 21 heavy (non-hydrogen) atoms. The number of amides is 2. The van der Waals surface area contributed by atoms with Crippen molar-refractivity contribution in [3.63, 3.8) is 0 Å². The Kier molecular flexibility index (Phi) is 5.41. The highest BCUT2D eigenvalue weighted by Crippen LogP contribution is 2.30. The predicted molar refractivity (Wildman–Crippen MR) is 80.9 cm³/mol. The molecule has 1 fully saturated rings. The van der Waals surface area contributed by atoms with E-state index >= 15 is 0 Å². The van der Waals surface area contributed by atoms with Gasteiger partial charge >= 0.3 is 0 Å². The third-order valence-corrected chi connectivity index (χ3v) is 5.01. The zero-order valence-corrected chi connectivity index (χ0v) is 14.3. The van der Waals surface area contributed by atoms with Crippen molar-refractivity contribution in [1.29, 1.82) is 0 Å². The fraction of sp³-hybridized carbons (Fsp3) is 0.857. The van der Waals surface area contributed by atoms with Crippen molar-refractivity contribution in [3.05, 3.63) is 0 Å². The fourth-order valence-corrected chi connectivity index (χ4v) is 2.80. The Morgan fingerprint density at radius 3 is 2.05 bits per heavy atom. The van der Waals surface area contributed by atoms with Crippen LogP contribution in [0.3, 0.4) is 0 Å². The highest BCUT2D eigenvalue weighted by atomic mass is 32.2. The Morgan fingerprint density at radius 2 is 1.67 bits per heavy atom. The van der Waals surface area contributed by atoms with Crippen LogP contribution in [0, 0.1) is 17.3 Å². The first-order valence-corrected chi connectivity index (χ1v) is 9.15. The molecule has 2 amide bonds. The van der Waals surface area contributed by atoms with E-state index in [0.717, 1.165) is 6.26 Å². The minimum Gasteiger partial charge on any atom is -0.342 e. The quantitative estimate of drug-likeness (QED) is 0.837. The van der Waals surface area contributed by atoms with Gasteiger partial charge in [0.1, 0.15) is 0 Å². The highest BCUT2D eigenvalue weighted by molar-refractivity contribution is 7.89. The molecule has 1 saturated heterocycles. The van der Waals surface area contributed by atoms with Crippen LogP contribution in [0.5, 0.6) is 0 Å². The molecule has 7 heteroatoms. The lowest BCUT2D eigenvalue weighted by atomic mass is 9.79. The molecule has 6 nitrogen and oxygen atoms in total. The molecule has 0 aromatic carbocycles. The first-order valence-electron chi connectivity index (χ1n) is 7.26. The molecule has 1 rings (SSSR count). The number of carbonyl (C=O) groups excluding carboxylic acids is 2. The summed E-state index contributed by atoms with van der Waals surface area (Å²) in [4.78, 5) is 26.1. The molecule has 1 heterocycles. The Morgan fingerprint density at radius 1 is 1.19 bits per heavy atom. The van der Waals surface area contributed by atoms with Gasteiger partial charge in [-0.2, -0.15) is 0 Å². The van der Waals surface area contributed by atoms with Gasteiger partial charge in [-0.1, -0.05) is 27.7 Å². The van der Waals surface area contributed by atoms with Gasteiger partial charge < -0.3 is 4.90 Å². The molecule has 0 aliphatic carbocycles. The number of hydrogen-bond acceptors (Lipinski definition) is 4. The molecule has 0 saturated carbocycles. The maximum atomic E-state index is 12.5. The zero-order chi connectivity index (χ0) is 16.4. The van der Waals surface area contributed by atoms with Gasteiger partial charge in [-0.15, -0.1) is 0 Å². The van der Waals surface area contributed by atoms with Crippen molar-refractivity contribution in [2.45, 2.75) is 40.5 Å². The van der Waals surface area contributed by atoms with Gasteiger partial charge in [0, 0.05) is 24.4 Å². The third-order valence-electron chi connectivity index (χ3n) is 4.43. The number of sulfonamides is 1. The van der Waals surface area contributed by atoms with Gasteiger partial charge in [0.25, 0.3) is 0 Å². The molecule has 0 atom stereocenters. The minimum absolute atomic E-state index is 0.0967. The summed E-state index contributed by atoms with van der Waals surface area (Å²) in [5.74, 6) is -0.477. The van der Waals surface area contributed by atoms with Crippen molar-refractivity contribution >= 4 is 21.8 Å². The van der Waals surface area contributed by atoms with Gasteiger partial charge in [-0.25, -0.2) is 8.42 Å². The predicted octanol–water partition coefficient (Wildman–Crippen LogP) is 0.983. The standard InChI is InChI=1S/C14H26N2O4S/c1-10(2)14(3,4)13(18)16-8-6-11(7-9-16)12(17)15-21(5,19)20/h10-11H,6-9H2,1-5H3,(H,15,17). The number of nitrogens with zero attached hydrogens (tertiary/aromatic N) is 1. The Bertz CT molecular complexity index is 503. The average molecular weight is 318 g/mol. The van der Waals surface area contributed by atoms with Crippen LogP contribution in [-0.4, -0.2) is 44.5 Å². The molecule has 0 aromatic heterocycles. The van der Waals surface area contributed by atoms with Crippen LogP contribution >= 0.6 is 0 Å². The van der Waals surface area contributed by atoms with Crippen LogP contribution in [0.2, 0.25) is 0 Å². The summed E-state index contributed by atoms with van der Waals surface area (Å²) in [6.07, 6.45) is 1.97.